The molecule has 55 heavy (non-hydrogen) atoms. The van der Waals surface area contributed by atoms with Crippen molar-refractivity contribution in [2.45, 2.75) is 141 Å². The van der Waals surface area contributed by atoms with Crippen molar-refractivity contribution in [3.8, 4) is 0 Å². The average molecular weight is 770 g/mol. The smallest absolute Gasteiger partial charge is 0.306 e. The molecule has 0 saturated heterocycles. The molecule has 0 aliphatic heterocycles. The van der Waals surface area contributed by atoms with E-state index in [1.807, 2.05) is 30.3 Å². The highest BCUT2D eigenvalue weighted by molar-refractivity contribution is 5.90. The van der Waals surface area contributed by atoms with E-state index in [0.29, 0.717) is 38.5 Å². The zero-order valence-electron chi connectivity index (χ0n) is 32.9. The molecule has 13 nitrogen and oxygen atoms in total. The van der Waals surface area contributed by atoms with Gasteiger partial charge in [-0.15, -0.1) is 0 Å². The number of carbonyl (C=O) groups is 5. The van der Waals surface area contributed by atoms with Gasteiger partial charge in [-0.05, 0) is 116 Å². The maximum Gasteiger partial charge on any atom is 0.306 e. The molecule has 5 rings (SSSR count). The van der Waals surface area contributed by atoms with Crippen LogP contribution in [-0.2, 0) is 40.1 Å². The summed E-state index contributed by atoms with van der Waals surface area (Å²) in [6, 6.07) is 6.72. The fourth-order valence-electron chi connectivity index (χ4n) is 11.3. The SMILES string of the molecule is COC(=O)CC[C@@H](C)[C@H]1CC[C@H]2[C@@H]3[C@H](O)C[C@@H]4C[C@@H](NC(=O)[C@H](CCC(=O)OCc5ccccc5)NC(=O)[C@@H](N)CCC(=O)O)CC[C@]4(C)[C@H]3C[C@H](O)[C@]12C. The van der Waals surface area contributed by atoms with Gasteiger partial charge in [0.1, 0.15) is 12.6 Å². The fraction of sp³-hybridized carbons (Fsp3) is 0.738. The Balaban J connectivity index is 1.23. The summed E-state index contributed by atoms with van der Waals surface area (Å²) in [5, 5.41) is 38.7. The van der Waals surface area contributed by atoms with Gasteiger partial charge in [-0.3, -0.25) is 24.0 Å². The number of aliphatic hydroxyl groups is 2. The third-order valence-electron chi connectivity index (χ3n) is 14.4. The first kappa shape index (κ1) is 42.6. The second-order valence-electron chi connectivity index (χ2n) is 17.5. The van der Waals surface area contributed by atoms with Gasteiger partial charge >= 0.3 is 17.9 Å². The van der Waals surface area contributed by atoms with E-state index < -0.39 is 48.0 Å². The summed E-state index contributed by atoms with van der Waals surface area (Å²) >= 11 is 0. The zero-order chi connectivity index (χ0) is 40.1. The van der Waals surface area contributed by atoms with Crippen molar-refractivity contribution in [2.75, 3.05) is 7.11 Å². The number of benzene rings is 1. The van der Waals surface area contributed by atoms with Crippen LogP contribution in [0.1, 0.15) is 110 Å². The molecule has 4 saturated carbocycles. The molecule has 0 aromatic heterocycles. The van der Waals surface area contributed by atoms with E-state index in [-0.39, 0.29) is 90.6 Å². The summed E-state index contributed by atoms with van der Waals surface area (Å²) < 4.78 is 10.3. The Morgan fingerprint density at radius 1 is 0.891 bits per heavy atom. The number of aliphatic carboxylic acids is 1. The second kappa shape index (κ2) is 18.1. The number of hydrogen-bond acceptors (Lipinski definition) is 10. The Labute approximate surface area is 324 Å². The zero-order valence-corrected chi connectivity index (χ0v) is 32.9. The van der Waals surface area contributed by atoms with Gasteiger partial charge in [-0.1, -0.05) is 51.1 Å². The van der Waals surface area contributed by atoms with Gasteiger partial charge in [-0.2, -0.15) is 0 Å². The van der Waals surface area contributed by atoms with Crippen LogP contribution in [0.3, 0.4) is 0 Å². The van der Waals surface area contributed by atoms with Gasteiger partial charge in [0.05, 0.1) is 25.4 Å². The van der Waals surface area contributed by atoms with E-state index in [1.54, 1.807) is 0 Å². The van der Waals surface area contributed by atoms with E-state index >= 15 is 0 Å². The largest absolute Gasteiger partial charge is 0.481 e. The molecule has 306 valence electrons. The summed E-state index contributed by atoms with van der Waals surface area (Å²) in [6.45, 7) is 6.75. The fourth-order valence-corrected chi connectivity index (χ4v) is 11.3. The summed E-state index contributed by atoms with van der Waals surface area (Å²) in [5.41, 5.74) is 6.29. The van der Waals surface area contributed by atoms with Gasteiger partial charge in [0, 0.05) is 25.3 Å². The highest BCUT2D eigenvalue weighted by Crippen LogP contribution is 2.68. The molecular weight excluding hydrogens is 706 g/mol. The van der Waals surface area contributed by atoms with Gasteiger partial charge in [0.2, 0.25) is 11.8 Å². The normalized spacial score (nSPS) is 34.1. The molecule has 7 N–H and O–H groups in total. The molecule has 1 aromatic carbocycles. The van der Waals surface area contributed by atoms with Crippen molar-refractivity contribution in [1.29, 1.82) is 0 Å². The third kappa shape index (κ3) is 9.53. The molecule has 0 bridgehead atoms. The predicted octanol–water partition coefficient (Wildman–Crippen LogP) is 3.86. The first-order chi connectivity index (χ1) is 26.1. The maximum atomic E-state index is 13.8. The maximum absolute atomic E-state index is 13.8. The molecule has 13 heteroatoms. The molecule has 13 atom stereocenters. The highest BCUT2D eigenvalue weighted by Gasteiger charge is 2.65. The minimum atomic E-state index is -1.14. The number of methoxy groups -OCH3 is 1. The quantitative estimate of drug-likeness (QED) is 0.133. The summed E-state index contributed by atoms with van der Waals surface area (Å²) in [5.74, 6) is -2.05. The molecule has 1 aromatic rings. The number of carboxylic acid groups (broad SMARTS) is 1. The number of ether oxygens (including phenoxy) is 2. The molecule has 2 amide bonds. The Kier molecular flexibility index (Phi) is 14.1. The number of carbonyl (C=O) groups excluding carboxylic acids is 4. The highest BCUT2D eigenvalue weighted by atomic mass is 16.5. The van der Waals surface area contributed by atoms with Crippen molar-refractivity contribution in [2.24, 2.45) is 52.1 Å². The Morgan fingerprint density at radius 3 is 2.29 bits per heavy atom. The predicted molar refractivity (Wildman–Crippen MR) is 203 cm³/mol. The van der Waals surface area contributed by atoms with Crippen molar-refractivity contribution in [1.82, 2.24) is 10.6 Å². The summed E-state index contributed by atoms with van der Waals surface area (Å²) in [4.78, 5) is 62.5. The van der Waals surface area contributed by atoms with Crippen LogP contribution in [0.15, 0.2) is 30.3 Å². The van der Waals surface area contributed by atoms with Crippen molar-refractivity contribution < 1.29 is 48.8 Å². The Morgan fingerprint density at radius 2 is 1.60 bits per heavy atom. The summed E-state index contributed by atoms with van der Waals surface area (Å²) in [7, 11) is 1.40. The van der Waals surface area contributed by atoms with Gasteiger partial charge in [0.25, 0.3) is 0 Å². The van der Waals surface area contributed by atoms with Crippen molar-refractivity contribution in [3.05, 3.63) is 35.9 Å². The lowest BCUT2D eigenvalue weighted by atomic mass is 9.43. The van der Waals surface area contributed by atoms with Gasteiger partial charge in [-0.25, -0.2) is 0 Å². The van der Waals surface area contributed by atoms with Crippen LogP contribution >= 0.6 is 0 Å². The summed E-state index contributed by atoms with van der Waals surface area (Å²) in [6.07, 6.45) is 4.62. The van der Waals surface area contributed by atoms with Crippen molar-refractivity contribution in [3.63, 3.8) is 0 Å². The molecule has 0 spiro atoms. The minimum absolute atomic E-state index is 0.0342. The first-order valence-electron chi connectivity index (χ1n) is 20.3. The lowest BCUT2D eigenvalue weighted by molar-refractivity contribution is -0.202. The van der Waals surface area contributed by atoms with Crippen LogP contribution in [-0.4, -0.2) is 82.5 Å². The standard InChI is InChI=1S/C42H63N3O10/c1-24(10-16-36(50)54-4)28-11-12-29-38-30(22-34(47)42(28,29)3)41(2)19-18-27(20-26(41)21-33(38)46)44-40(53)32(45-39(52)31(43)13-15-35(48)49)14-17-37(51)55-23-25-8-6-5-7-9-25/h5-9,24,26-34,38,46-47H,10-23,43H2,1-4H3,(H,44,53)(H,45,52)(H,48,49)/t24-,26+,27+,28-,29+,30+,31+,32+,33-,34+,38+,41+,42-/m1/s1. The number of carboxylic acids is 1. The first-order valence-corrected chi connectivity index (χ1v) is 20.3. The molecular formula is C42H63N3O10. The van der Waals surface area contributed by atoms with E-state index in [9.17, 15) is 34.2 Å². The molecule has 4 fully saturated rings. The molecule has 4 aliphatic carbocycles. The number of fused-ring (bicyclic) bond motifs is 5. The lowest BCUT2D eigenvalue weighted by Crippen LogP contribution is -2.63. The van der Waals surface area contributed by atoms with Gasteiger partial charge in [0.15, 0.2) is 0 Å². The van der Waals surface area contributed by atoms with E-state index in [1.165, 1.54) is 7.11 Å². The lowest BCUT2D eigenvalue weighted by Gasteiger charge is -2.63. The van der Waals surface area contributed by atoms with Crippen LogP contribution < -0.4 is 16.4 Å². The monoisotopic (exact) mass is 769 g/mol. The van der Waals surface area contributed by atoms with Crippen LogP contribution in [0, 0.1) is 46.3 Å². The number of nitrogens with one attached hydrogen (secondary N) is 2. The second-order valence-corrected chi connectivity index (χ2v) is 17.5. The molecule has 0 heterocycles. The third-order valence-corrected chi connectivity index (χ3v) is 14.4. The van der Waals surface area contributed by atoms with Crippen LogP contribution in [0.4, 0.5) is 0 Å². The molecule has 0 radical (unpaired) electrons. The average Bonchev–Trinajstić information content (AvgIpc) is 3.52. The molecule has 4 aliphatic rings. The number of aliphatic hydroxyl groups excluding tert-OH is 2. The number of rotatable bonds is 16. The minimum Gasteiger partial charge on any atom is -0.481 e. The Bertz CT molecular complexity index is 1530. The number of amides is 2. The number of hydrogen-bond donors (Lipinski definition) is 6. The van der Waals surface area contributed by atoms with Gasteiger partial charge < -0.3 is 41.2 Å². The number of esters is 2. The van der Waals surface area contributed by atoms with Crippen LogP contribution in [0.5, 0.6) is 0 Å². The Hall–Kier alpha value is -3.55. The molecule has 0 unspecified atom stereocenters. The van der Waals surface area contributed by atoms with E-state index in [2.05, 4.69) is 31.4 Å². The van der Waals surface area contributed by atoms with E-state index in [4.69, 9.17) is 20.3 Å². The number of nitrogens with two attached hydrogens (primary N) is 1. The van der Waals surface area contributed by atoms with Crippen molar-refractivity contribution >= 4 is 29.7 Å². The topological polar surface area (TPSA) is 215 Å². The van der Waals surface area contributed by atoms with E-state index in [0.717, 1.165) is 24.8 Å². The van der Waals surface area contributed by atoms with Crippen LogP contribution in [0.2, 0.25) is 0 Å². The van der Waals surface area contributed by atoms with Crippen LogP contribution in [0.25, 0.3) is 0 Å².